The molecule has 2 heteroatoms. The minimum Gasteiger partial charge on any atom is -0.388 e. The lowest BCUT2D eigenvalue weighted by atomic mass is 9.48. The third-order valence-electron chi connectivity index (χ3n) is 5.00. The van der Waals surface area contributed by atoms with Crippen molar-refractivity contribution >= 4 is 0 Å². The zero-order valence-corrected chi connectivity index (χ0v) is 8.24. The van der Waals surface area contributed by atoms with Gasteiger partial charge in [0, 0.05) is 6.04 Å². The van der Waals surface area contributed by atoms with E-state index in [0.29, 0.717) is 5.92 Å². The van der Waals surface area contributed by atoms with Gasteiger partial charge in [-0.1, -0.05) is 6.92 Å². The summed E-state index contributed by atoms with van der Waals surface area (Å²) in [6.07, 6.45) is 4.59. The maximum Gasteiger partial charge on any atom is 0.0806 e. The Hall–Kier alpha value is -0.0800. The molecule has 13 heavy (non-hydrogen) atoms. The molecule has 0 aromatic rings. The van der Waals surface area contributed by atoms with Crippen molar-refractivity contribution in [2.24, 2.45) is 29.4 Å². The fourth-order valence-corrected chi connectivity index (χ4v) is 4.31. The minimum atomic E-state index is -0.483. The molecular formula is C11H19NO. The van der Waals surface area contributed by atoms with Gasteiger partial charge in [0.15, 0.2) is 0 Å². The fraction of sp³-hybridized carbons (Fsp3) is 1.00. The number of rotatable bonds is 0. The van der Waals surface area contributed by atoms with Gasteiger partial charge in [-0.3, -0.25) is 0 Å². The lowest BCUT2D eigenvalue weighted by Crippen LogP contribution is -2.66. The largest absolute Gasteiger partial charge is 0.388 e. The highest BCUT2D eigenvalue weighted by atomic mass is 16.3. The van der Waals surface area contributed by atoms with Crippen molar-refractivity contribution in [2.45, 2.75) is 44.2 Å². The minimum absolute atomic E-state index is 0.0651. The Morgan fingerprint density at radius 3 is 2.85 bits per heavy atom. The van der Waals surface area contributed by atoms with Crippen LogP contribution in [0.1, 0.15) is 32.6 Å². The van der Waals surface area contributed by atoms with Gasteiger partial charge >= 0.3 is 0 Å². The van der Waals surface area contributed by atoms with E-state index in [1.54, 1.807) is 0 Å². The van der Waals surface area contributed by atoms with E-state index in [4.69, 9.17) is 5.73 Å². The summed E-state index contributed by atoms with van der Waals surface area (Å²) in [4.78, 5) is 0. The van der Waals surface area contributed by atoms with Crippen molar-refractivity contribution in [1.29, 1.82) is 0 Å². The molecule has 0 aliphatic heterocycles. The highest BCUT2D eigenvalue weighted by Gasteiger charge is 2.57. The second kappa shape index (κ2) is 2.29. The van der Waals surface area contributed by atoms with Crippen LogP contribution in [-0.2, 0) is 0 Å². The maximum absolute atomic E-state index is 10.4. The van der Waals surface area contributed by atoms with Crippen LogP contribution in [0.5, 0.6) is 0 Å². The quantitative estimate of drug-likeness (QED) is 0.588. The molecule has 4 aliphatic carbocycles. The Balaban J connectivity index is 1.99. The van der Waals surface area contributed by atoms with Crippen LogP contribution in [0.3, 0.4) is 0 Å². The second-order valence-corrected chi connectivity index (χ2v) is 5.66. The number of hydrogen-bond donors (Lipinski definition) is 2. The van der Waals surface area contributed by atoms with Crippen LogP contribution in [0.25, 0.3) is 0 Å². The van der Waals surface area contributed by atoms with E-state index >= 15 is 0 Å². The molecular weight excluding hydrogens is 162 g/mol. The SMILES string of the molecule is CC1C2CC3CC1C(N)C(O)(C3)C2. The fourth-order valence-electron chi connectivity index (χ4n) is 4.31. The molecule has 6 atom stereocenters. The van der Waals surface area contributed by atoms with Crippen LogP contribution >= 0.6 is 0 Å². The molecule has 2 nitrogen and oxygen atoms in total. The maximum atomic E-state index is 10.4. The van der Waals surface area contributed by atoms with Gasteiger partial charge in [-0.05, 0) is 49.4 Å². The summed E-state index contributed by atoms with van der Waals surface area (Å²) in [5.41, 5.74) is 5.66. The Kier molecular flexibility index (Phi) is 1.45. The van der Waals surface area contributed by atoms with E-state index in [-0.39, 0.29) is 6.04 Å². The van der Waals surface area contributed by atoms with Gasteiger partial charge in [-0.15, -0.1) is 0 Å². The van der Waals surface area contributed by atoms with Crippen LogP contribution in [0.4, 0.5) is 0 Å². The number of hydrogen-bond acceptors (Lipinski definition) is 2. The Morgan fingerprint density at radius 1 is 1.31 bits per heavy atom. The first kappa shape index (κ1) is 8.25. The summed E-state index contributed by atoms with van der Waals surface area (Å²) in [5, 5.41) is 10.4. The molecule has 0 spiro atoms. The van der Waals surface area contributed by atoms with Crippen molar-refractivity contribution in [2.75, 3.05) is 0 Å². The van der Waals surface area contributed by atoms with E-state index in [9.17, 15) is 5.11 Å². The molecule has 4 aliphatic rings. The van der Waals surface area contributed by atoms with Gasteiger partial charge in [0.05, 0.1) is 5.60 Å². The van der Waals surface area contributed by atoms with Crippen molar-refractivity contribution in [3.63, 3.8) is 0 Å². The molecule has 0 amide bonds. The Bertz CT molecular complexity index is 242. The molecule has 4 bridgehead atoms. The van der Waals surface area contributed by atoms with Crippen molar-refractivity contribution < 1.29 is 5.11 Å². The summed E-state index contributed by atoms with van der Waals surface area (Å²) in [5.74, 6) is 2.91. The predicted molar refractivity (Wildman–Crippen MR) is 51.0 cm³/mol. The summed E-state index contributed by atoms with van der Waals surface area (Å²) in [6.45, 7) is 2.33. The average molecular weight is 181 g/mol. The van der Waals surface area contributed by atoms with E-state index in [0.717, 1.165) is 30.6 Å². The summed E-state index contributed by atoms with van der Waals surface area (Å²) in [6, 6.07) is 0.0651. The monoisotopic (exact) mass is 181 g/mol. The molecule has 74 valence electrons. The van der Waals surface area contributed by atoms with Crippen LogP contribution in [0, 0.1) is 23.7 Å². The molecule has 0 radical (unpaired) electrons. The van der Waals surface area contributed by atoms with Crippen molar-refractivity contribution in [1.82, 2.24) is 0 Å². The lowest BCUT2D eigenvalue weighted by Gasteiger charge is -2.60. The number of nitrogens with two attached hydrogens (primary N) is 1. The van der Waals surface area contributed by atoms with Crippen LogP contribution in [0.15, 0.2) is 0 Å². The molecule has 0 aromatic heterocycles. The highest BCUT2D eigenvalue weighted by molar-refractivity contribution is 5.11. The molecule has 4 rings (SSSR count). The average Bonchev–Trinajstić information content (AvgIpc) is 2.07. The third kappa shape index (κ3) is 0.909. The summed E-state index contributed by atoms with van der Waals surface area (Å²) < 4.78 is 0. The van der Waals surface area contributed by atoms with Gasteiger partial charge in [0.1, 0.15) is 0 Å². The summed E-state index contributed by atoms with van der Waals surface area (Å²) in [7, 11) is 0. The Labute approximate surface area is 79.5 Å². The van der Waals surface area contributed by atoms with E-state index < -0.39 is 5.60 Å². The molecule has 0 heterocycles. The van der Waals surface area contributed by atoms with Crippen LogP contribution in [0.2, 0.25) is 0 Å². The predicted octanol–water partition coefficient (Wildman–Crippen LogP) is 1.13. The van der Waals surface area contributed by atoms with Crippen LogP contribution in [-0.4, -0.2) is 16.7 Å². The van der Waals surface area contributed by atoms with Gasteiger partial charge < -0.3 is 10.8 Å². The molecule has 4 saturated carbocycles. The second-order valence-electron chi connectivity index (χ2n) is 5.66. The van der Waals surface area contributed by atoms with Gasteiger partial charge in [-0.2, -0.15) is 0 Å². The lowest BCUT2D eigenvalue weighted by molar-refractivity contribution is -0.162. The number of aliphatic hydroxyl groups is 1. The topological polar surface area (TPSA) is 46.2 Å². The van der Waals surface area contributed by atoms with Gasteiger partial charge in [0.25, 0.3) is 0 Å². The standard InChI is InChI=1S/C11H19NO/c1-6-8-2-7-3-9(6)10(12)11(13,4-7)5-8/h6-10,13H,2-5,12H2,1H3. The highest BCUT2D eigenvalue weighted by Crippen LogP contribution is 2.57. The first-order chi connectivity index (χ1) is 6.10. The normalized spacial score (nSPS) is 64.4. The zero-order valence-electron chi connectivity index (χ0n) is 8.24. The van der Waals surface area contributed by atoms with E-state index in [1.807, 2.05) is 0 Å². The van der Waals surface area contributed by atoms with Gasteiger partial charge in [0.2, 0.25) is 0 Å². The van der Waals surface area contributed by atoms with E-state index in [2.05, 4.69) is 6.92 Å². The van der Waals surface area contributed by atoms with Gasteiger partial charge in [-0.25, -0.2) is 0 Å². The van der Waals surface area contributed by atoms with E-state index in [1.165, 1.54) is 12.8 Å². The molecule has 0 saturated heterocycles. The van der Waals surface area contributed by atoms with Crippen LogP contribution < -0.4 is 5.73 Å². The first-order valence-corrected chi connectivity index (χ1v) is 5.58. The smallest absolute Gasteiger partial charge is 0.0806 e. The Morgan fingerprint density at radius 2 is 2.08 bits per heavy atom. The van der Waals surface area contributed by atoms with Crippen molar-refractivity contribution in [3.8, 4) is 0 Å². The molecule has 4 fully saturated rings. The third-order valence-corrected chi connectivity index (χ3v) is 5.00. The first-order valence-electron chi connectivity index (χ1n) is 5.58. The zero-order chi connectivity index (χ0) is 9.22. The molecule has 3 N–H and O–H groups in total. The summed E-state index contributed by atoms with van der Waals surface area (Å²) >= 11 is 0. The van der Waals surface area contributed by atoms with Crippen molar-refractivity contribution in [3.05, 3.63) is 0 Å². The molecule has 0 aromatic carbocycles. The molecule has 6 unspecified atom stereocenters.